The number of benzene rings is 2. The number of aromatic amines is 2. The average Bonchev–Trinajstić information content (AvgIpc) is 4.09. The van der Waals surface area contributed by atoms with Gasteiger partial charge < -0.3 is 54.3 Å². The predicted octanol–water partition coefficient (Wildman–Crippen LogP) is 6.06. The maximum Gasteiger partial charge on any atom is 0.407 e. The van der Waals surface area contributed by atoms with E-state index in [1.165, 1.54) is 14.2 Å². The summed E-state index contributed by atoms with van der Waals surface area (Å²) in [4.78, 5) is 58.7. The molecular formula is C45H58N8O9. The summed E-state index contributed by atoms with van der Waals surface area (Å²) in [6.45, 7) is 11.5. The number of methoxy groups -OCH3 is 3. The molecule has 6 heterocycles. The van der Waals surface area contributed by atoms with Crippen LogP contribution in [0.4, 0.5) is 9.59 Å². The molecule has 2 unspecified atom stereocenters. The third-order valence-electron chi connectivity index (χ3n) is 12.8. The Hall–Kier alpha value is -5.65. The van der Waals surface area contributed by atoms with Crippen molar-refractivity contribution in [3.63, 3.8) is 0 Å². The van der Waals surface area contributed by atoms with Crippen LogP contribution in [0.15, 0.2) is 36.7 Å². The molecule has 2 aromatic carbocycles. The van der Waals surface area contributed by atoms with Crippen molar-refractivity contribution in [3.8, 4) is 45.1 Å². The highest BCUT2D eigenvalue weighted by molar-refractivity contribution is 5.89. The van der Waals surface area contributed by atoms with E-state index in [2.05, 4.69) is 32.7 Å². The van der Waals surface area contributed by atoms with Crippen LogP contribution in [-0.2, 0) is 32.2 Å². The van der Waals surface area contributed by atoms with Gasteiger partial charge in [0, 0.05) is 53.1 Å². The molecular weight excluding hydrogens is 797 g/mol. The maximum atomic E-state index is 13.9. The minimum absolute atomic E-state index is 0.0306. The zero-order valence-electron chi connectivity index (χ0n) is 36.6. The van der Waals surface area contributed by atoms with Gasteiger partial charge in [-0.3, -0.25) is 9.69 Å². The highest BCUT2D eigenvalue weighted by Gasteiger charge is 2.43. The van der Waals surface area contributed by atoms with Crippen molar-refractivity contribution in [2.24, 2.45) is 17.8 Å². The van der Waals surface area contributed by atoms with Crippen molar-refractivity contribution < 1.29 is 43.2 Å². The quantitative estimate of drug-likeness (QED) is 0.104. The van der Waals surface area contributed by atoms with Crippen LogP contribution >= 0.6 is 0 Å². The summed E-state index contributed by atoms with van der Waals surface area (Å²) in [6.07, 6.45) is 3.64. The highest BCUT2D eigenvalue weighted by atomic mass is 16.5. The zero-order chi connectivity index (χ0) is 44.0. The van der Waals surface area contributed by atoms with E-state index >= 15 is 0 Å². The summed E-state index contributed by atoms with van der Waals surface area (Å²) in [6, 6.07) is 6.42. The lowest BCUT2D eigenvalue weighted by Gasteiger charge is -2.36. The van der Waals surface area contributed by atoms with E-state index in [9.17, 15) is 19.5 Å². The number of nitrogens with zero attached hydrogens (tertiary/aromatic N) is 4. The van der Waals surface area contributed by atoms with Gasteiger partial charge in [-0.05, 0) is 68.2 Å². The number of likely N-dealkylation sites (tertiary alicyclic amines) is 2. The van der Waals surface area contributed by atoms with Crippen molar-refractivity contribution in [3.05, 3.63) is 59.4 Å². The van der Waals surface area contributed by atoms with Gasteiger partial charge in [-0.1, -0.05) is 27.7 Å². The third-order valence-corrected chi connectivity index (χ3v) is 12.8. The number of hydrogen-bond acceptors (Lipinski definition) is 12. The number of carbonyl (C=O) groups excluding carboxylic acids is 3. The third kappa shape index (κ3) is 8.08. The van der Waals surface area contributed by atoms with Crippen LogP contribution in [0.5, 0.6) is 11.5 Å². The molecule has 0 spiro atoms. The van der Waals surface area contributed by atoms with Crippen LogP contribution in [0, 0.1) is 17.8 Å². The van der Waals surface area contributed by atoms with Crippen LogP contribution in [0.3, 0.4) is 0 Å². The Bertz CT molecular complexity index is 2260. The molecule has 0 aliphatic carbocycles. The van der Waals surface area contributed by atoms with E-state index in [1.54, 1.807) is 13.3 Å². The number of aliphatic hydroxyl groups excluding tert-OH is 1. The van der Waals surface area contributed by atoms with Gasteiger partial charge in [0.25, 0.3) is 0 Å². The van der Waals surface area contributed by atoms with Crippen LogP contribution in [0.2, 0.25) is 0 Å². The summed E-state index contributed by atoms with van der Waals surface area (Å²) in [5, 5.41) is 17.2. The van der Waals surface area contributed by atoms with Crippen molar-refractivity contribution in [2.45, 2.75) is 104 Å². The zero-order valence-corrected chi connectivity index (χ0v) is 36.6. The second-order valence-electron chi connectivity index (χ2n) is 17.6. The number of imidazole rings is 2. The Morgan fingerprint density at radius 3 is 1.92 bits per heavy atom. The minimum atomic E-state index is -0.989. The number of hydrogen-bond donors (Lipinski definition) is 5. The van der Waals surface area contributed by atoms with E-state index in [4.69, 9.17) is 33.7 Å². The fourth-order valence-corrected chi connectivity index (χ4v) is 9.64. The number of ether oxygens (including phenoxy) is 5. The standard InChI is InChI=1S/C45H58N8O9/c1-22(2)38(50-44(56)59-7)42(54)52-18-25(19-58-6)11-33(52)41-47-17-31(49-41)27-13-29-21-61-34-14-26(12-28-20-62-35(15-27)37(29)36(28)34)30-16-46-40(48-30)32-10-9-24(5)53(32)43(55)39(23(3)4)51-45(57)60-8/h12-17,22-25,32-33,38-39,42,54H,9-11,18-21H2,1-8H3,(H,46,48)(H,47,49)(H,50,56)(H,51,57)/t24-,25?,32-,33-,38-,39-,42?/m0/s1. The van der Waals surface area contributed by atoms with E-state index < -0.39 is 30.5 Å². The molecule has 0 bridgehead atoms. The fourth-order valence-electron chi connectivity index (χ4n) is 9.64. The Kier molecular flexibility index (Phi) is 12.2. The molecule has 7 atom stereocenters. The first-order valence-electron chi connectivity index (χ1n) is 21.4. The number of aromatic nitrogens is 4. The number of nitrogens with one attached hydrogen (secondary N) is 4. The summed E-state index contributed by atoms with van der Waals surface area (Å²) in [5.41, 5.74) is 7.39. The first kappa shape index (κ1) is 43.0. The summed E-state index contributed by atoms with van der Waals surface area (Å²) < 4.78 is 28.1. The number of rotatable bonds is 13. The molecule has 332 valence electrons. The SMILES string of the molecule is COCC1C[C@@H](c2ncc(-c3cc4c5c(c3)OCc3cc(-c6cnc([C@@H]7CC[C@H](C)N7C(=O)[C@@H](NC(=O)OC)C(C)C)[nH]6)cc(c3-5)OC4)[nH]2)N(C(O)[C@@H](NC(=O)OC)C(C)C)C1. The number of carbonyl (C=O) groups is 3. The lowest BCUT2D eigenvalue weighted by Crippen LogP contribution is -2.54. The van der Waals surface area contributed by atoms with Gasteiger partial charge >= 0.3 is 12.2 Å². The molecule has 4 aromatic rings. The summed E-state index contributed by atoms with van der Waals surface area (Å²) in [5.74, 6) is 2.70. The Morgan fingerprint density at radius 2 is 1.39 bits per heavy atom. The molecule has 4 aliphatic rings. The molecule has 2 fully saturated rings. The number of amides is 3. The molecule has 2 aromatic heterocycles. The number of H-pyrrole nitrogens is 2. The van der Waals surface area contributed by atoms with E-state index in [0.717, 1.165) is 69.1 Å². The van der Waals surface area contributed by atoms with Gasteiger partial charge in [-0.15, -0.1) is 0 Å². The maximum absolute atomic E-state index is 13.9. The molecule has 3 amide bonds. The highest BCUT2D eigenvalue weighted by Crippen LogP contribution is 2.51. The van der Waals surface area contributed by atoms with Crippen molar-refractivity contribution in [1.29, 1.82) is 0 Å². The molecule has 8 rings (SSSR count). The molecule has 17 nitrogen and oxygen atoms in total. The molecule has 62 heavy (non-hydrogen) atoms. The van der Waals surface area contributed by atoms with Crippen LogP contribution < -0.4 is 20.1 Å². The van der Waals surface area contributed by atoms with Crippen LogP contribution in [-0.4, -0.2) is 112 Å². The van der Waals surface area contributed by atoms with Crippen LogP contribution in [0.25, 0.3) is 33.6 Å². The predicted molar refractivity (Wildman–Crippen MR) is 228 cm³/mol. The second-order valence-corrected chi connectivity index (χ2v) is 17.6. The molecule has 2 saturated heterocycles. The van der Waals surface area contributed by atoms with Crippen molar-refractivity contribution in [2.75, 3.05) is 34.5 Å². The Balaban J connectivity index is 1.03. The number of alkyl carbamates (subject to hydrolysis) is 2. The topological polar surface area (TPSA) is 205 Å². The molecule has 0 radical (unpaired) electrons. The van der Waals surface area contributed by atoms with Crippen molar-refractivity contribution >= 4 is 18.1 Å². The first-order valence-corrected chi connectivity index (χ1v) is 21.4. The Morgan fingerprint density at radius 1 is 0.823 bits per heavy atom. The average molecular weight is 855 g/mol. The molecule has 5 N–H and O–H groups in total. The molecule has 17 heteroatoms. The van der Waals surface area contributed by atoms with Gasteiger partial charge in [-0.2, -0.15) is 0 Å². The van der Waals surface area contributed by atoms with E-state index in [-0.39, 0.29) is 41.8 Å². The summed E-state index contributed by atoms with van der Waals surface area (Å²) in [7, 11) is 4.27. The van der Waals surface area contributed by atoms with Gasteiger partial charge in [-0.25, -0.2) is 19.6 Å². The van der Waals surface area contributed by atoms with Crippen LogP contribution in [0.1, 0.15) is 88.7 Å². The van der Waals surface area contributed by atoms with Gasteiger partial charge in [0.1, 0.15) is 48.6 Å². The second kappa shape index (κ2) is 17.6. The smallest absolute Gasteiger partial charge is 0.407 e. The lowest BCUT2D eigenvalue weighted by atomic mass is 9.87. The Labute approximate surface area is 361 Å². The fraction of sp³-hybridized carbons (Fsp3) is 0.533. The lowest BCUT2D eigenvalue weighted by molar-refractivity contribution is -0.137. The van der Waals surface area contributed by atoms with Gasteiger partial charge in [0.05, 0.1) is 62.7 Å². The minimum Gasteiger partial charge on any atom is -0.488 e. The van der Waals surface area contributed by atoms with Gasteiger partial charge in [0.2, 0.25) is 5.91 Å². The normalized spacial score (nSPS) is 21.8. The first-order chi connectivity index (χ1) is 29.8. The van der Waals surface area contributed by atoms with Gasteiger partial charge in [0.15, 0.2) is 0 Å². The number of aliphatic hydroxyl groups is 1. The van der Waals surface area contributed by atoms with E-state index in [0.29, 0.717) is 44.4 Å². The molecule has 4 aliphatic heterocycles. The largest absolute Gasteiger partial charge is 0.488 e. The van der Waals surface area contributed by atoms with Crippen molar-refractivity contribution in [1.82, 2.24) is 40.4 Å². The monoisotopic (exact) mass is 854 g/mol. The summed E-state index contributed by atoms with van der Waals surface area (Å²) >= 11 is 0. The van der Waals surface area contributed by atoms with E-state index in [1.807, 2.05) is 62.7 Å². The molecule has 0 saturated carbocycles.